The molecule has 2 aromatic heterocycles. The Morgan fingerprint density at radius 2 is 2.15 bits per heavy atom. The van der Waals surface area contributed by atoms with Crippen LogP contribution in [0, 0.1) is 5.92 Å². The summed E-state index contributed by atoms with van der Waals surface area (Å²) in [6.07, 6.45) is 3.29. The summed E-state index contributed by atoms with van der Waals surface area (Å²) in [6.45, 7) is 7.29. The standard InChI is InChI=1S/C15H20N2O3/c1-10(2)14(18)12-7-16-17-8-11(5-6-13(12)17)20-9-15(3,4)19/h5-8,10,19H,9H2,1-4H3. The molecule has 108 valence electrons. The van der Waals surface area contributed by atoms with E-state index < -0.39 is 5.60 Å². The zero-order chi connectivity index (χ0) is 14.9. The molecule has 20 heavy (non-hydrogen) atoms. The SMILES string of the molecule is CC(C)C(=O)c1cnn2cc(OCC(C)(C)O)ccc12. The molecular weight excluding hydrogens is 256 g/mol. The monoisotopic (exact) mass is 276 g/mol. The van der Waals surface area contributed by atoms with Gasteiger partial charge in [0.05, 0.1) is 29.1 Å². The molecule has 0 aliphatic carbocycles. The number of carbonyl (C=O) groups is 1. The summed E-state index contributed by atoms with van der Waals surface area (Å²) in [4.78, 5) is 12.0. The molecule has 0 bridgehead atoms. The molecular formula is C15H20N2O3. The molecule has 5 heteroatoms. The van der Waals surface area contributed by atoms with E-state index in [2.05, 4.69) is 5.10 Å². The first-order valence-electron chi connectivity index (χ1n) is 6.65. The van der Waals surface area contributed by atoms with Crippen molar-refractivity contribution in [2.45, 2.75) is 33.3 Å². The van der Waals surface area contributed by atoms with Crippen LogP contribution in [0.3, 0.4) is 0 Å². The van der Waals surface area contributed by atoms with Gasteiger partial charge in [-0.2, -0.15) is 5.10 Å². The fourth-order valence-electron chi connectivity index (χ4n) is 1.81. The Balaban J connectivity index is 2.26. The smallest absolute Gasteiger partial charge is 0.169 e. The molecule has 0 aliphatic rings. The molecule has 0 saturated heterocycles. The molecule has 0 fully saturated rings. The minimum atomic E-state index is -0.891. The van der Waals surface area contributed by atoms with E-state index in [0.29, 0.717) is 11.3 Å². The zero-order valence-corrected chi connectivity index (χ0v) is 12.3. The van der Waals surface area contributed by atoms with E-state index in [1.54, 1.807) is 36.8 Å². The van der Waals surface area contributed by atoms with Crippen LogP contribution in [-0.4, -0.2) is 32.7 Å². The summed E-state index contributed by atoms with van der Waals surface area (Å²) in [5, 5.41) is 13.8. The lowest BCUT2D eigenvalue weighted by Crippen LogP contribution is -2.27. The fourth-order valence-corrected chi connectivity index (χ4v) is 1.81. The van der Waals surface area contributed by atoms with Gasteiger partial charge >= 0.3 is 0 Å². The van der Waals surface area contributed by atoms with E-state index in [1.807, 2.05) is 19.9 Å². The highest BCUT2D eigenvalue weighted by Crippen LogP contribution is 2.19. The molecule has 5 nitrogen and oxygen atoms in total. The number of ketones is 1. The molecule has 2 rings (SSSR count). The first-order chi connectivity index (χ1) is 9.28. The quantitative estimate of drug-likeness (QED) is 0.851. The number of hydrogen-bond donors (Lipinski definition) is 1. The molecule has 2 aromatic rings. The minimum absolute atomic E-state index is 0.0610. The first kappa shape index (κ1) is 14.5. The second-order valence-corrected chi connectivity index (χ2v) is 5.87. The minimum Gasteiger partial charge on any atom is -0.489 e. The second kappa shape index (κ2) is 5.25. The third-order valence-electron chi connectivity index (χ3n) is 2.87. The first-order valence-corrected chi connectivity index (χ1v) is 6.65. The Bertz CT molecular complexity index is 624. The summed E-state index contributed by atoms with van der Waals surface area (Å²) >= 11 is 0. The number of rotatable bonds is 5. The summed E-state index contributed by atoms with van der Waals surface area (Å²) in [6, 6.07) is 3.59. The largest absolute Gasteiger partial charge is 0.489 e. The highest BCUT2D eigenvalue weighted by molar-refractivity contribution is 6.03. The third kappa shape index (κ3) is 3.17. The van der Waals surface area contributed by atoms with Gasteiger partial charge in [0.2, 0.25) is 0 Å². The average Bonchev–Trinajstić information content (AvgIpc) is 2.77. The number of ether oxygens (including phenoxy) is 1. The molecule has 0 atom stereocenters. The summed E-state index contributed by atoms with van der Waals surface area (Å²) < 4.78 is 7.12. The Labute approximate surface area is 118 Å². The molecule has 0 unspecified atom stereocenters. The van der Waals surface area contributed by atoms with E-state index in [4.69, 9.17) is 4.74 Å². The Hall–Kier alpha value is -1.88. The summed E-state index contributed by atoms with van der Waals surface area (Å²) in [5.74, 6) is 0.616. The Kier molecular flexibility index (Phi) is 3.81. The number of fused-ring (bicyclic) bond motifs is 1. The van der Waals surface area contributed by atoms with Gasteiger partial charge < -0.3 is 9.84 Å². The Morgan fingerprint density at radius 3 is 2.75 bits per heavy atom. The molecule has 1 N–H and O–H groups in total. The van der Waals surface area contributed by atoms with Crippen molar-refractivity contribution in [3.05, 3.63) is 30.1 Å². The van der Waals surface area contributed by atoms with E-state index in [-0.39, 0.29) is 18.3 Å². The van der Waals surface area contributed by atoms with Gasteiger partial charge in [0.1, 0.15) is 12.4 Å². The molecule has 2 heterocycles. The molecule has 0 radical (unpaired) electrons. The number of pyridine rings is 1. The van der Waals surface area contributed by atoms with Gasteiger partial charge in [0, 0.05) is 5.92 Å². The second-order valence-electron chi connectivity index (χ2n) is 5.87. The lowest BCUT2D eigenvalue weighted by molar-refractivity contribution is 0.0283. The van der Waals surface area contributed by atoms with Gasteiger partial charge in [-0.15, -0.1) is 0 Å². The predicted octanol–water partition coefficient (Wildman–Crippen LogP) is 2.32. The number of nitrogens with zero attached hydrogens (tertiary/aromatic N) is 2. The van der Waals surface area contributed by atoms with Crippen molar-refractivity contribution in [2.75, 3.05) is 6.61 Å². The van der Waals surface area contributed by atoms with Gasteiger partial charge in [-0.25, -0.2) is 4.52 Å². The highest BCUT2D eigenvalue weighted by Gasteiger charge is 2.17. The Morgan fingerprint density at radius 1 is 1.45 bits per heavy atom. The van der Waals surface area contributed by atoms with Crippen LogP contribution < -0.4 is 4.74 Å². The van der Waals surface area contributed by atoms with Crippen LogP contribution in [0.5, 0.6) is 5.75 Å². The van der Waals surface area contributed by atoms with Crippen LogP contribution in [0.15, 0.2) is 24.5 Å². The van der Waals surface area contributed by atoms with Crippen molar-refractivity contribution in [1.29, 1.82) is 0 Å². The molecule has 0 amide bonds. The van der Waals surface area contributed by atoms with Gasteiger partial charge in [-0.1, -0.05) is 13.8 Å². The summed E-state index contributed by atoms with van der Waals surface area (Å²) in [5.41, 5.74) is 0.492. The normalized spacial score (nSPS) is 12.1. The van der Waals surface area contributed by atoms with Crippen LogP contribution in [0.25, 0.3) is 5.52 Å². The van der Waals surface area contributed by atoms with Gasteiger partial charge in [0.15, 0.2) is 5.78 Å². The zero-order valence-electron chi connectivity index (χ0n) is 12.3. The van der Waals surface area contributed by atoms with Crippen LogP contribution >= 0.6 is 0 Å². The van der Waals surface area contributed by atoms with Crippen molar-refractivity contribution in [3.8, 4) is 5.75 Å². The van der Waals surface area contributed by atoms with Crippen LogP contribution in [0.2, 0.25) is 0 Å². The lowest BCUT2D eigenvalue weighted by Gasteiger charge is -2.17. The van der Waals surface area contributed by atoms with Gasteiger partial charge in [-0.3, -0.25) is 4.79 Å². The number of aliphatic hydroxyl groups is 1. The molecule has 0 spiro atoms. The lowest BCUT2D eigenvalue weighted by atomic mass is 10.0. The number of hydrogen-bond acceptors (Lipinski definition) is 4. The fraction of sp³-hybridized carbons (Fsp3) is 0.467. The van der Waals surface area contributed by atoms with Crippen LogP contribution in [-0.2, 0) is 0 Å². The predicted molar refractivity (Wildman–Crippen MR) is 76.2 cm³/mol. The van der Waals surface area contributed by atoms with E-state index in [1.165, 1.54) is 0 Å². The molecule has 0 saturated carbocycles. The van der Waals surface area contributed by atoms with Crippen molar-refractivity contribution < 1.29 is 14.6 Å². The van der Waals surface area contributed by atoms with E-state index in [0.717, 1.165) is 5.52 Å². The third-order valence-corrected chi connectivity index (χ3v) is 2.87. The van der Waals surface area contributed by atoms with Crippen molar-refractivity contribution in [3.63, 3.8) is 0 Å². The van der Waals surface area contributed by atoms with Crippen molar-refractivity contribution in [2.24, 2.45) is 5.92 Å². The maximum Gasteiger partial charge on any atom is 0.169 e. The maximum absolute atomic E-state index is 12.0. The number of aromatic nitrogens is 2. The highest BCUT2D eigenvalue weighted by atomic mass is 16.5. The van der Waals surface area contributed by atoms with Gasteiger partial charge in [0.25, 0.3) is 0 Å². The number of carbonyl (C=O) groups excluding carboxylic acids is 1. The summed E-state index contributed by atoms with van der Waals surface area (Å²) in [7, 11) is 0. The van der Waals surface area contributed by atoms with E-state index in [9.17, 15) is 9.90 Å². The molecule has 0 aromatic carbocycles. The van der Waals surface area contributed by atoms with Crippen LogP contribution in [0.1, 0.15) is 38.1 Å². The van der Waals surface area contributed by atoms with Crippen molar-refractivity contribution >= 4 is 11.3 Å². The average molecular weight is 276 g/mol. The van der Waals surface area contributed by atoms with Crippen LogP contribution in [0.4, 0.5) is 0 Å². The maximum atomic E-state index is 12.0. The number of Topliss-reactive ketones (excluding diaryl/α,β-unsaturated/α-hetero) is 1. The topological polar surface area (TPSA) is 63.8 Å². The van der Waals surface area contributed by atoms with Crippen molar-refractivity contribution in [1.82, 2.24) is 9.61 Å². The van der Waals surface area contributed by atoms with E-state index >= 15 is 0 Å². The molecule has 0 aliphatic heterocycles. The van der Waals surface area contributed by atoms with Gasteiger partial charge in [-0.05, 0) is 26.0 Å².